The number of fused-ring (bicyclic) bond motifs is 1. The number of rotatable bonds is 2. The molecular weight excluding hydrogens is 176 g/mol. The van der Waals surface area contributed by atoms with Crippen LogP contribution in [0.15, 0.2) is 18.3 Å². The van der Waals surface area contributed by atoms with Crippen molar-refractivity contribution in [3.8, 4) is 0 Å². The van der Waals surface area contributed by atoms with E-state index < -0.39 is 0 Å². The highest BCUT2D eigenvalue weighted by atomic mass is 16.5. The third kappa shape index (κ3) is 1.33. The lowest BCUT2D eigenvalue weighted by Gasteiger charge is -2.30. The molecule has 0 saturated carbocycles. The van der Waals surface area contributed by atoms with Gasteiger partial charge in [0.15, 0.2) is 0 Å². The maximum absolute atomic E-state index is 5.15. The summed E-state index contributed by atoms with van der Waals surface area (Å²) in [6, 6.07) is 5.21. The molecule has 0 aromatic carbocycles. The molecule has 1 aliphatic heterocycles. The van der Waals surface area contributed by atoms with Crippen molar-refractivity contribution in [2.45, 2.75) is 24.9 Å². The summed E-state index contributed by atoms with van der Waals surface area (Å²) in [5, 5.41) is 3.58. The molecule has 1 fully saturated rings. The molecule has 1 unspecified atom stereocenters. The van der Waals surface area contributed by atoms with Crippen LogP contribution in [0.2, 0.25) is 0 Å². The van der Waals surface area contributed by atoms with E-state index in [1.807, 2.05) is 12.3 Å². The zero-order chi connectivity index (χ0) is 9.38. The topological polar surface area (TPSA) is 34.2 Å². The van der Waals surface area contributed by atoms with Gasteiger partial charge in [0.05, 0.1) is 31.0 Å². The molecule has 0 spiro atoms. The molecule has 1 N–H and O–H groups in total. The van der Waals surface area contributed by atoms with E-state index in [9.17, 15) is 0 Å². The van der Waals surface area contributed by atoms with Crippen molar-refractivity contribution >= 4 is 0 Å². The molecule has 2 aliphatic rings. The van der Waals surface area contributed by atoms with E-state index in [0.717, 1.165) is 19.6 Å². The van der Waals surface area contributed by atoms with Crippen LogP contribution in [-0.2, 0) is 11.2 Å². The van der Waals surface area contributed by atoms with Gasteiger partial charge in [-0.1, -0.05) is 6.07 Å². The number of ether oxygens (including phenoxy) is 1. The van der Waals surface area contributed by atoms with E-state index >= 15 is 0 Å². The predicted octanol–water partition coefficient (Wildman–Crippen LogP) is 1.06. The number of hydrogen-bond acceptors (Lipinski definition) is 3. The average Bonchev–Trinajstić information content (AvgIpc) is 2.55. The van der Waals surface area contributed by atoms with E-state index in [4.69, 9.17) is 4.74 Å². The zero-order valence-electron chi connectivity index (χ0n) is 8.07. The van der Waals surface area contributed by atoms with Crippen molar-refractivity contribution in [1.82, 2.24) is 10.3 Å². The lowest BCUT2D eigenvalue weighted by molar-refractivity contribution is -0.0102. The van der Waals surface area contributed by atoms with Crippen LogP contribution in [0.25, 0.3) is 0 Å². The summed E-state index contributed by atoms with van der Waals surface area (Å²) in [6.45, 7) is 1.72. The highest BCUT2D eigenvalue weighted by Crippen LogP contribution is 2.29. The number of aromatic nitrogens is 1. The second-order valence-electron chi connectivity index (χ2n) is 4.04. The molecule has 0 radical (unpaired) electrons. The Morgan fingerprint density at radius 2 is 2.36 bits per heavy atom. The minimum atomic E-state index is 0.458. The first-order valence-corrected chi connectivity index (χ1v) is 5.21. The second kappa shape index (κ2) is 3.33. The maximum atomic E-state index is 5.15. The summed E-state index contributed by atoms with van der Waals surface area (Å²) >= 11 is 0. The summed E-state index contributed by atoms with van der Waals surface area (Å²) in [5.41, 5.74) is 2.66. The van der Waals surface area contributed by atoms with Gasteiger partial charge in [-0.25, -0.2) is 0 Å². The number of aryl methyl sites for hydroxylation is 1. The van der Waals surface area contributed by atoms with Crippen molar-refractivity contribution in [3.63, 3.8) is 0 Å². The molecule has 74 valence electrons. The van der Waals surface area contributed by atoms with E-state index in [1.165, 1.54) is 17.7 Å². The minimum Gasteiger partial charge on any atom is -0.378 e. The fourth-order valence-corrected chi connectivity index (χ4v) is 2.19. The average molecular weight is 190 g/mol. The van der Waals surface area contributed by atoms with Crippen LogP contribution in [-0.4, -0.2) is 24.2 Å². The van der Waals surface area contributed by atoms with Crippen LogP contribution in [0.5, 0.6) is 0 Å². The second-order valence-corrected chi connectivity index (χ2v) is 4.04. The van der Waals surface area contributed by atoms with Gasteiger partial charge < -0.3 is 10.1 Å². The Balaban J connectivity index is 1.76. The molecule has 1 saturated heterocycles. The van der Waals surface area contributed by atoms with Gasteiger partial charge in [0, 0.05) is 6.20 Å². The highest BCUT2D eigenvalue weighted by molar-refractivity contribution is 5.28. The van der Waals surface area contributed by atoms with E-state index in [1.54, 1.807) is 0 Å². The van der Waals surface area contributed by atoms with Crippen molar-refractivity contribution in [2.24, 2.45) is 0 Å². The Bertz CT molecular complexity index is 336. The molecule has 3 heteroatoms. The maximum Gasteiger partial charge on any atom is 0.0643 e. The molecule has 1 aromatic rings. The van der Waals surface area contributed by atoms with E-state index in [-0.39, 0.29) is 0 Å². The van der Waals surface area contributed by atoms with Crippen LogP contribution >= 0.6 is 0 Å². The first kappa shape index (κ1) is 8.38. The molecule has 3 nitrogen and oxygen atoms in total. The minimum absolute atomic E-state index is 0.458. The van der Waals surface area contributed by atoms with Gasteiger partial charge in [0.25, 0.3) is 0 Å². The third-order valence-electron chi connectivity index (χ3n) is 3.03. The van der Waals surface area contributed by atoms with Crippen molar-refractivity contribution in [1.29, 1.82) is 0 Å². The van der Waals surface area contributed by atoms with E-state index in [2.05, 4.69) is 16.4 Å². The van der Waals surface area contributed by atoms with Crippen LogP contribution in [0.4, 0.5) is 0 Å². The fraction of sp³-hybridized carbons (Fsp3) is 0.545. The smallest absolute Gasteiger partial charge is 0.0643 e. The van der Waals surface area contributed by atoms with Gasteiger partial charge in [-0.2, -0.15) is 0 Å². The summed E-state index contributed by atoms with van der Waals surface area (Å²) < 4.78 is 5.15. The van der Waals surface area contributed by atoms with Crippen molar-refractivity contribution in [3.05, 3.63) is 29.6 Å². The first-order chi connectivity index (χ1) is 6.93. The number of nitrogens with one attached hydrogen (secondary N) is 1. The molecule has 1 aromatic heterocycles. The largest absolute Gasteiger partial charge is 0.378 e. The van der Waals surface area contributed by atoms with Crippen LogP contribution in [0.1, 0.15) is 23.7 Å². The zero-order valence-corrected chi connectivity index (χ0v) is 8.07. The normalized spacial score (nSPS) is 25.9. The van der Waals surface area contributed by atoms with Gasteiger partial charge in [-0.3, -0.25) is 4.98 Å². The summed E-state index contributed by atoms with van der Waals surface area (Å²) in [7, 11) is 0. The Morgan fingerprint density at radius 3 is 3.14 bits per heavy atom. The molecule has 1 atom stereocenters. The van der Waals surface area contributed by atoms with E-state index in [0.29, 0.717) is 12.1 Å². The molecule has 0 bridgehead atoms. The lowest BCUT2D eigenvalue weighted by Crippen LogP contribution is -2.47. The molecular formula is C11H14N2O. The number of pyridine rings is 1. The number of nitrogens with zero attached hydrogens (tertiary/aromatic N) is 1. The van der Waals surface area contributed by atoms with Gasteiger partial charge in [0.1, 0.15) is 0 Å². The fourth-order valence-electron chi connectivity index (χ4n) is 2.19. The Morgan fingerprint density at radius 1 is 1.43 bits per heavy atom. The summed E-state index contributed by atoms with van der Waals surface area (Å²) in [4.78, 5) is 4.45. The SMILES string of the molecule is c1cnc2c(c1)CCC2NC1COC1. The van der Waals surface area contributed by atoms with Crippen molar-refractivity contribution < 1.29 is 4.74 Å². The molecule has 14 heavy (non-hydrogen) atoms. The standard InChI is InChI=1S/C11H14N2O/c1-2-8-3-4-10(11(8)12-5-1)13-9-6-14-7-9/h1-2,5,9-10,13H,3-4,6-7H2. The number of hydrogen-bond donors (Lipinski definition) is 1. The quantitative estimate of drug-likeness (QED) is 0.757. The molecule has 1 aliphatic carbocycles. The molecule has 3 rings (SSSR count). The monoisotopic (exact) mass is 190 g/mol. The molecule has 2 heterocycles. The predicted molar refractivity (Wildman–Crippen MR) is 53.0 cm³/mol. The van der Waals surface area contributed by atoms with Gasteiger partial charge in [-0.15, -0.1) is 0 Å². The summed E-state index contributed by atoms with van der Waals surface area (Å²) in [5.74, 6) is 0. The van der Waals surface area contributed by atoms with Crippen LogP contribution in [0.3, 0.4) is 0 Å². The van der Waals surface area contributed by atoms with Gasteiger partial charge >= 0.3 is 0 Å². The highest BCUT2D eigenvalue weighted by Gasteiger charge is 2.28. The third-order valence-corrected chi connectivity index (χ3v) is 3.03. The Kier molecular flexibility index (Phi) is 2.00. The molecule has 0 amide bonds. The van der Waals surface area contributed by atoms with Crippen LogP contribution in [0, 0.1) is 0 Å². The van der Waals surface area contributed by atoms with Crippen molar-refractivity contribution in [2.75, 3.05) is 13.2 Å². The van der Waals surface area contributed by atoms with Gasteiger partial charge in [-0.05, 0) is 24.5 Å². The lowest BCUT2D eigenvalue weighted by atomic mass is 10.1. The Hall–Kier alpha value is -0.930. The first-order valence-electron chi connectivity index (χ1n) is 5.21. The Labute approximate surface area is 83.5 Å². The van der Waals surface area contributed by atoms with Gasteiger partial charge in [0.2, 0.25) is 0 Å². The van der Waals surface area contributed by atoms with Crippen LogP contribution < -0.4 is 5.32 Å². The summed E-state index contributed by atoms with van der Waals surface area (Å²) in [6.07, 6.45) is 4.23.